The van der Waals surface area contributed by atoms with Crippen LogP contribution in [0.2, 0.25) is 0 Å². The van der Waals surface area contributed by atoms with E-state index in [0.717, 1.165) is 22.3 Å². The van der Waals surface area contributed by atoms with Gasteiger partial charge in [-0.25, -0.2) is 0 Å². The molecule has 0 aliphatic heterocycles. The van der Waals surface area contributed by atoms with E-state index in [9.17, 15) is 4.79 Å². The van der Waals surface area contributed by atoms with Crippen molar-refractivity contribution < 1.29 is 4.79 Å². The molecule has 0 aliphatic rings. The van der Waals surface area contributed by atoms with Gasteiger partial charge in [-0.15, -0.1) is 11.3 Å². The zero-order valence-corrected chi connectivity index (χ0v) is 13.4. The molecule has 0 atom stereocenters. The molecule has 0 amide bonds. The highest BCUT2D eigenvalue weighted by molar-refractivity contribution is 9.10. The van der Waals surface area contributed by atoms with Crippen molar-refractivity contribution in [1.29, 1.82) is 0 Å². The summed E-state index contributed by atoms with van der Waals surface area (Å²) < 4.78 is 1.11. The lowest BCUT2D eigenvalue weighted by Crippen LogP contribution is -2.18. The molecule has 2 rings (SSSR count). The third kappa shape index (κ3) is 3.45. The number of carbonyl (C=O) groups excluding carboxylic acids is 1. The summed E-state index contributed by atoms with van der Waals surface area (Å²) in [5.41, 5.74) is 1.81. The second kappa shape index (κ2) is 6.35. The number of hydrogen-bond acceptors (Lipinski definition) is 3. The average molecular weight is 338 g/mol. The number of halogens is 1. The van der Waals surface area contributed by atoms with Gasteiger partial charge >= 0.3 is 0 Å². The Hall–Kier alpha value is -1.13. The van der Waals surface area contributed by atoms with E-state index in [0.29, 0.717) is 6.42 Å². The standard InChI is InChI=1S/C15H16BrNOS/c1-3-15(18)13-6-4-5-7-14(13)17(2)9-12-8-11(16)10-19-12/h4-8,10H,3,9H2,1-2H3. The molecule has 19 heavy (non-hydrogen) atoms. The van der Waals surface area contributed by atoms with Gasteiger partial charge in [0, 0.05) is 39.4 Å². The Morgan fingerprint density at radius 1 is 1.37 bits per heavy atom. The minimum atomic E-state index is 0.190. The molecule has 2 aromatic rings. The number of nitrogens with zero attached hydrogens (tertiary/aromatic N) is 1. The monoisotopic (exact) mass is 337 g/mol. The topological polar surface area (TPSA) is 20.3 Å². The molecule has 0 unspecified atom stereocenters. The Morgan fingerprint density at radius 2 is 2.11 bits per heavy atom. The van der Waals surface area contributed by atoms with Gasteiger partial charge in [-0.1, -0.05) is 19.1 Å². The molecular weight excluding hydrogens is 322 g/mol. The van der Waals surface area contributed by atoms with Crippen molar-refractivity contribution in [1.82, 2.24) is 0 Å². The summed E-state index contributed by atoms with van der Waals surface area (Å²) in [4.78, 5) is 15.4. The molecule has 4 heteroatoms. The van der Waals surface area contributed by atoms with Crippen LogP contribution in [-0.2, 0) is 6.54 Å². The SMILES string of the molecule is CCC(=O)c1ccccc1N(C)Cc1cc(Br)cs1. The predicted octanol–water partition coefficient (Wildman–Crippen LogP) is 4.74. The molecule has 0 bridgehead atoms. The maximum Gasteiger partial charge on any atom is 0.164 e. The van der Waals surface area contributed by atoms with Crippen LogP contribution in [0.5, 0.6) is 0 Å². The largest absolute Gasteiger partial charge is 0.369 e. The number of para-hydroxylation sites is 1. The Balaban J connectivity index is 2.23. The number of ketones is 1. The van der Waals surface area contributed by atoms with Crippen molar-refractivity contribution in [3.63, 3.8) is 0 Å². The van der Waals surface area contributed by atoms with E-state index in [4.69, 9.17) is 0 Å². The maximum atomic E-state index is 12.0. The van der Waals surface area contributed by atoms with Crippen LogP contribution < -0.4 is 4.90 Å². The molecule has 0 saturated heterocycles. The number of benzene rings is 1. The second-order valence-electron chi connectivity index (χ2n) is 4.38. The van der Waals surface area contributed by atoms with E-state index >= 15 is 0 Å². The van der Waals surface area contributed by atoms with Gasteiger partial charge in [-0.3, -0.25) is 4.79 Å². The Labute approximate surface area is 126 Å². The lowest BCUT2D eigenvalue weighted by atomic mass is 10.1. The third-order valence-electron chi connectivity index (χ3n) is 2.95. The first-order valence-electron chi connectivity index (χ1n) is 6.18. The molecule has 0 saturated carbocycles. The van der Waals surface area contributed by atoms with E-state index in [1.807, 2.05) is 38.2 Å². The number of rotatable bonds is 5. The molecule has 100 valence electrons. The van der Waals surface area contributed by atoms with Gasteiger partial charge in [-0.05, 0) is 34.1 Å². The first-order valence-corrected chi connectivity index (χ1v) is 7.85. The number of anilines is 1. The van der Waals surface area contributed by atoms with Gasteiger partial charge in [-0.2, -0.15) is 0 Å². The second-order valence-corrected chi connectivity index (χ2v) is 6.29. The predicted molar refractivity (Wildman–Crippen MR) is 85.2 cm³/mol. The molecule has 0 radical (unpaired) electrons. The normalized spacial score (nSPS) is 10.5. The van der Waals surface area contributed by atoms with Crippen molar-refractivity contribution in [2.75, 3.05) is 11.9 Å². The highest BCUT2D eigenvalue weighted by atomic mass is 79.9. The van der Waals surface area contributed by atoms with Gasteiger partial charge in [0.15, 0.2) is 5.78 Å². The van der Waals surface area contributed by atoms with Gasteiger partial charge < -0.3 is 4.90 Å². The van der Waals surface area contributed by atoms with Crippen LogP contribution in [0.25, 0.3) is 0 Å². The summed E-state index contributed by atoms with van der Waals surface area (Å²) in [5.74, 6) is 0.190. The van der Waals surface area contributed by atoms with Crippen LogP contribution in [0.3, 0.4) is 0 Å². The van der Waals surface area contributed by atoms with Gasteiger partial charge in [0.1, 0.15) is 0 Å². The number of Topliss-reactive ketones (excluding diaryl/α,β-unsaturated/α-hetero) is 1. The molecule has 0 N–H and O–H groups in total. The van der Waals surface area contributed by atoms with Gasteiger partial charge in [0.05, 0.1) is 6.54 Å². The van der Waals surface area contributed by atoms with Crippen molar-refractivity contribution in [2.24, 2.45) is 0 Å². The van der Waals surface area contributed by atoms with Gasteiger partial charge in [0.2, 0.25) is 0 Å². The summed E-state index contributed by atoms with van der Waals surface area (Å²) in [7, 11) is 2.02. The van der Waals surface area contributed by atoms with E-state index in [1.165, 1.54) is 4.88 Å². The lowest BCUT2D eigenvalue weighted by molar-refractivity contribution is 0.0988. The molecular formula is C15H16BrNOS. The number of hydrogen-bond donors (Lipinski definition) is 0. The summed E-state index contributed by atoms with van der Waals surface area (Å²) in [6.07, 6.45) is 0.537. The average Bonchev–Trinajstić information content (AvgIpc) is 2.83. The molecule has 0 spiro atoms. The smallest absolute Gasteiger partial charge is 0.164 e. The minimum absolute atomic E-state index is 0.190. The molecule has 0 fully saturated rings. The Kier molecular flexibility index (Phi) is 4.77. The fraction of sp³-hybridized carbons (Fsp3) is 0.267. The van der Waals surface area contributed by atoms with Crippen molar-refractivity contribution in [2.45, 2.75) is 19.9 Å². The Morgan fingerprint density at radius 3 is 2.74 bits per heavy atom. The van der Waals surface area contributed by atoms with Gasteiger partial charge in [0.25, 0.3) is 0 Å². The van der Waals surface area contributed by atoms with Crippen LogP contribution in [0.1, 0.15) is 28.6 Å². The van der Waals surface area contributed by atoms with E-state index < -0.39 is 0 Å². The quantitative estimate of drug-likeness (QED) is 0.734. The van der Waals surface area contributed by atoms with E-state index in [1.54, 1.807) is 11.3 Å². The molecule has 1 aromatic carbocycles. The van der Waals surface area contributed by atoms with Crippen LogP contribution in [-0.4, -0.2) is 12.8 Å². The van der Waals surface area contributed by atoms with Crippen molar-refractivity contribution >= 4 is 38.7 Å². The Bertz CT molecular complexity index is 579. The van der Waals surface area contributed by atoms with Crippen molar-refractivity contribution in [3.8, 4) is 0 Å². The van der Waals surface area contributed by atoms with Crippen LogP contribution >= 0.6 is 27.3 Å². The summed E-state index contributed by atoms with van der Waals surface area (Å²) >= 11 is 5.18. The fourth-order valence-electron chi connectivity index (χ4n) is 1.99. The van der Waals surface area contributed by atoms with Crippen LogP contribution in [0.15, 0.2) is 40.2 Å². The zero-order chi connectivity index (χ0) is 13.8. The summed E-state index contributed by atoms with van der Waals surface area (Å²) in [6, 6.07) is 9.92. The number of thiophene rings is 1. The minimum Gasteiger partial charge on any atom is -0.369 e. The molecule has 2 nitrogen and oxygen atoms in total. The lowest BCUT2D eigenvalue weighted by Gasteiger charge is -2.21. The van der Waals surface area contributed by atoms with Crippen LogP contribution in [0, 0.1) is 0 Å². The molecule has 1 aromatic heterocycles. The maximum absolute atomic E-state index is 12.0. The zero-order valence-electron chi connectivity index (χ0n) is 11.0. The fourth-order valence-corrected chi connectivity index (χ4v) is 3.49. The first-order chi connectivity index (χ1) is 9.11. The van der Waals surface area contributed by atoms with Crippen LogP contribution in [0.4, 0.5) is 5.69 Å². The summed E-state index contributed by atoms with van der Waals surface area (Å²) in [6.45, 7) is 2.71. The highest BCUT2D eigenvalue weighted by Crippen LogP contribution is 2.25. The highest BCUT2D eigenvalue weighted by Gasteiger charge is 2.13. The first kappa shape index (κ1) is 14.3. The van der Waals surface area contributed by atoms with Crippen molar-refractivity contribution in [3.05, 3.63) is 50.6 Å². The molecule has 0 aliphatic carbocycles. The van der Waals surface area contributed by atoms with E-state index in [-0.39, 0.29) is 5.78 Å². The molecule has 1 heterocycles. The van der Waals surface area contributed by atoms with E-state index in [2.05, 4.69) is 32.3 Å². The number of carbonyl (C=O) groups is 1. The summed E-state index contributed by atoms with van der Waals surface area (Å²) in [5, 5.41) is 2.08. The third-order valence-corrected chi connectivity index (χ3v) is 4.63.